The van der Waals surface area contributed by atoms with Crippen LogP contribution < -0.4 is 10.6 Å². The maximum atomic E-state index is 13.5. The number of benzene rings is 2. The number of halogens is 3. The average molecular weight is 483 g/mol. The van der Waals surface area contributed by atoms with E-state index in [1.165, 1.54) is 0 Å². The number of nitrogens with one attached hydrogen (secondary N) is 2. The van der Waals surface area contributed by atoms with Gasteiger partial charge in [-0.15, -0.1) is 0 Å². The Labute approximate surface area is 200 Å². The largest absolute Gasteiger partial charge is 0.416 e. The lowest BCUT2D eigenvalue weighted by atomic mass is 10.1. The molecule has 0 spiro atoms. The number of aromatic nitrogens is 3. The Kier molecular flexibility index (Phi) is 6.63. The molecule has 4 aromatic rings. The monoisotopic (exact) mass is 483 g/mol. The summed E-state index contributed by atoms with van der Waals surface area (Å²) in [6.07, 6.45) is -1.31. The van der Waals surface area contributed by atoms with Crippen molar-refractivity contribution in [3.05, 3.63) is 88.8 Å². The van der Waals surface area contributed by atoms with Crippen LogP contribution in [0.15, 0.2) is 59.4 Å². The van der Waals surface area contributed by atoms with Gasteiger partial charge in [0.2, 0.25) is 5.78 Å². The number of hydrogen-bond donors (Lipinski definition) is 2. The SMILES string of the molecule is Cc1cc(C(=O)CNc2cc(NCc3cc(-n4ccnc4C)cc(C(F)(F)F)c3)ccc2C)no1. The standard InChI is InChI=1S/C25H24F3N5O2/c1-15-4-5-20(12-22(15)31-14-24(34)23-8-16(2)35-32-23)30-13-18-9-19(25(26,27)28)11-21(10-18)33-7-6-29-17(33)3/h4-12,30-31H,13-14H2,1-3H3. The predicted octanol–water partition coefficient (Wildman–Crippen LogP) is 5.71. The summed E-state index contributed by atoms with van der Waals surface area (Å²) in [6.45, 7) is 5.53. The Hall–Kier alpha value is -4.08. The third kappa shape index (κ3) is 5.71. The van der Waals surface area contributed by atoms with Crippen LogP contribution in [0.2, 0.25) is 0 Å². The van der Waals surface area contributed by atoms with Gasteiger partial charge < -0.3 is 19.7 Å². The van der Waals surface area contributed by atoms with Gasteiger partial charge in [0.15, 0.2) is 5.69 Å². The highest BCUT2D eigenvalue weighted by atomic mass is 19.4. The molecule has 0 bridgehead atoms. The normalized spacial score (nSPS) is 11.5. The van der Waals surface area contributed by atoms with E-state index in [4.69, 9.17) is 4.52 Å². The number of rotatable bonds is 8. The van der Waals surface area contributed by atoms with E-state index in [-0.39, 0.29) is 24.6 Å². The quantitative estimate of drug-likeness (QED) is 0.312. The zero-order chi connectivity index (χ0) is 25.2. The van der Waals surface area contributed by atoms with E-state index in [9.17, 15) is 18.0 Å². The van der Waals surface area contributed by atoms with E-state index in [1.54, 1.807) is 42.9 Å². The molecule has 35 heavy (non-hydrogen) atoms. The van der Waals surface area contributed by atoms with Crippen molar-refractivity contribution in [2.45, 2.75) is 33.5 Å². The fraction of sp³-hybridized carbons (Fsp3) is 0.240. The summed E-state index contributed by atoms with van der Waals surface area (Å²) in [5.74, 6) is 0.926. The number of carbonyl (C=O) groups is 1. The first-order valence-corrected chi connectivity index (χ1v) is 10.9. The third-order valence-corrected chi connectivity index (χ3v) is 5.50. The summed E-state index contributed by atoms with van der Waals surface area (Å²) >= 11 is 0. The van der Waals surface area contributed by atoms with Gasteiger partial charge in [0.05, 0.1) is 12.1 Å². The van der Waals surface area contributed by atoms with Crippen molar-refractivity contribution in [3.63, 3.8) is 0 Å². The highest BCUT2D eigenvalue weighted by molar-refractivity contribution is 5.97. The molecule has 0 amide bonds. The van der Waals surface area contributed by atoms with Crippen molar-refractivity contribution in [3.8, 4) is 5.69 Å². The predicted molar refractivity (Wildman–Crippen MR) is 126 cm³/mol. The van der Waals surface area contributed by atoms with Crippen LogP contribution in [-0.2, 0) is 12.7 Å². The fourth-order valence-corrected chi connectivity index (χ4v) is 3.62. The number of anilines is 2. The molecule has 0 saturated carbocycles. The number of carbonyl (C=O) groups excluding carboxylic acids is 1. The number of imidazole rings is 1. The second kappa shape index (κ2) is 9.65. The van der Waals surface area contributed by atoms with Gasteiger partial charge in [-0.05, 0) is 62.2 Å². The molecule has 0 aliphatic heterocycles. The minimum atomic E-state index is -4.48. The first-order valence-electron chi connectivity index (χ1n) is 10.9. The minimum absolute atomic E-state index is 0.0253. The van der Waals surface area contributed by atoms with Crippen LogP contribution >= 0.6 is 0 Å². The fourth-order valence-electron chi connectivity index (χ4n) is 3.62. The first kappa shape index (κ1) is 24.1. The molecule has 10 heteroatoms. The second-order valence-electron chi connectivity index (χ2n) is 8.21. The van der Waals surface area contributed by atoms with Gasteiger partial charge in [-0.1, -0.05) is 11.2 Å². The summed E-state index contributed by atoms with van der Waals surface area (Å²) < 4.78 is 47.1. The van der Waals surface area contributed by atoms with Gasteiger partial charge in [-0.25, -0.2) is 4.98 Å². The molecule has 2 N–H and O–H groups in total. The Morgan fingerprint density at radius 1 is 1.06 bits per heavy atom. The van der Waals surface area contributed by atoms with Crippen LogP contribution in [0.25, 0.3) is 5.69 Å². The van der Waals surface area contributed by atoms with Crippen molar-refractivity contribution in [1.29, 1.82) is 0 Å². The Morgan fingerprint density at radius 3 is 2.51 bits per heavy atom. The number of Topliss-reactive ketones (excluding diaryl/α,β-unsaturated/α-hetero) is 1. The lowest BCUT2D eigenvalue weighted by Crippen LogP contribution is -2.15. The first-order chi connectivity index (χ1) is 16.6. The van der Waals surface area contributed by atoms with Crippen molar-refractivity contribution >= 4 is 17.2 Å². The van der Waals surface area contributed by atoms with E-state index in [0.29, 0.717) is 28.5 Å². The minimum Gasteiger partial charge on any atom is -0.381 e. The van der Waals surface area contributed by atoms with Gasteiger partial charge in [-0.3, -0.25) is 4.79 Å². The Morgan fingerprint density at radius 2 is 1.86 bits per heavy atom. The Bertz CT molecular complexity index is 1360. The topological polar surface area (TPSA) is 85.0 Å². The average Bonchev–Trinajstić information content (AvgIpc) is 3.44. The smallest absolute Gasteiger partial charge is 0.381 e. The molecule has 0 aliphatic carbocycles. The van der Waals surface area contributed by atoms with E-state index in [2.05, 4.69) is 20.8 Å². The molecule has 7 nitrogen and oxygen atoms in total. The number of aryl methyl sites for hydroxylation is 3. The lowest BCUT2D eigenvalue weighted by Gasteiger charge is -2.15. The molecule has 2 aromatic heterocycles. The van der Waals surface area contributed by atoms with Gasteiger partial charge in [0, 0.05) is 42.1 Å². The van der Waals surface area contributed by atoms with Crippen LogP contribution in [0.3, 0.4) is 0 Å². The maximum absolute atomic E-state index is 13.5. The van der Waals surface area contributed by atoms with Crippen molar-refractivity contribution < 1.29 is 22.5 Å². The molecule has 0 aliphatic rings. The second-order valence-corrected chi connectivity index (χ2v) is 8.21. The highest BCUT2D eigenvalue weighted by Crippen LogP contribution is 2.32. The van der Waals surface area contributed by atoms with Crippen LogP contribution in [0.5, 0.6) is 0 Å². The number of hydrogen-bond acceptors (Lipinski definition) is 6. The van der Waals surface area contributed by atoms with Crippen LogP contribution in [0, 0.1) is 20.8 Å². The summed E-state index contributed by atoms with van der Waals surface area (Å²) in [5.41, 5.74) is 2.71. The number of nitrogens with zero attached hydrogens (tertiary/aromatic N) is 3. The van der Waals surface area contributed by atoms with Crippen LogP contribution in [-0.4, -0.2) is 27.0 Å². The Balaban J connectivity index is 1.50. The molecular formula is C25H24F3N5O2. The van der Waals surface area contributed by atoms with Gasteiger partial charge in [0.1, 0.15) is 11.6 Å². The molecule has 2 aromatic carbocycles. The third-order valence-electron chi connectivity index (χ3n) is 5.50. The van der Waals surface area contributed by atoms with Crippen LogP contribution in [0.1, 0.15) is 38.8 Å². The van der Waals surface area contributed by atoms with Gasteiger partial charge >= 0.3 is 6.18 Å². The van der Waals surface area contributed by atoms with E-state index in [1.807, 2.05) is 25.1 Å². The summed E-state index contributed by atoms with van der Waals surface area (Å²) in [6, 6.07) is 11.0. The van der Waals surface area contributed by atoms with Gasteiger partial charge in [0.25, 0.3) is 0 Å². The van der Waals surface area contributed by atoms with Crippen molar-refractivity contribution in [1.82, 2.24) is 14.7 Å². The lowest BCUT2D eigenvalue weighted by molar-refractivity contribution is -0.137. The molecule has 4 rings (SSSR count). The van der Waals surface area contributed by atoms with E-state index < -0.39 is 11.7 Å². The zero-order valence-corrected chi connectivity index (χ0v) is 19.4. The number of alkyl halides is 3. The molecule has 0 radical (unpaired) electrons. The molecule has 2 heterocycles. The molecule has 0 atom stereocenters. The molecular weight excluding hydrogens is 459 g/mol. The molecule has 0 saturated heterocycles. The summed E-state index contributed by atoms with van der Waals surface area (Å²) in [5, 5.41) is 9.99. The van der Waals surface area contributed by atoms with Crippen LogP contribution in [0.4, 0.5) is 24.5 Å². The van der Waals surface area contributed by atoms with Crippen molar-refractivity contribution in [2.24, 2.45) is 0 Å². The zero-order valence-electron chi connectivity index (χ0n) is 19.4. The molecule has 0 fully saturated rings. The number of ketones is 1. The highest BCUT2D eigenvalue weighted by Gasteiger charge is 2.31. The van der Waals surface area contributed by atoms with E-state index in [0.717, 1.165) is 23.4 Å². The van der Waals surface area contributed by atoms with E-state index >= 15 is 0 Å². The van der Waals surface area contributed by atoms with Crippen molar-refractivity contribution in [2.75, 3.05) is 17.2 Å². The molecule has 182 valence electrons. The maximum Gasteiger partial charge on any atom is 0.416 e. The summed E-state index contributed by atoms with van der Waals surface area (Å²) in [7, 11) is 0. The van der Waals surface area contributed by atoms with Gasteiger partial charge in [-0.2, -0.15) is 13.2 Å². The molecule has 0 unspecified atom stereocenters. The summed E-state index contributed by atoms with van der Waals surface area (Å²) in [4.78, 5) is 16.4.